The molecule has 1 N–H and O–H groups in total. The SMILES string of the molecule is CCC1(C)NC(=O)CCN(c2cnn(C(C)C)c2)C1=O. The lowest BCUT2D eigenvalue weighted by Gasteiger charge is -2.30. The van der Waals surface area contributed by atoms with Crippen molar-refractivity contribution in [1.29, 1.82) is 0 Å². The molecule has 0 saturated carbocycles. The van der Waals surface area contributed by atoms with Gasteiger partial charge in [-0.25, -0.2) is 0 Å². The molecule has 2 amide bonds. The summed E-state index contributed by atoms with van der Waals surface area (Å²) < 4.78 is 1.81. The number of carbonyl (C=O) groups is 2. The van der Waals surface area contributed by atoms with Crippen molar-refractivity contribution in [3.63, 3.8) is 0 Å². The molecule has 0 aliphatic carbocycles. The second kappa shape index (κ2) is 5.26. The fourth-order valence-corrected chi connectivity index (χ4v) is 2.27. The van der Waals surface area contributed by atoms with E-state index in [-0.39, 0.29) is 17.9 Å². The van der Waals surface area contributed by atoms with Crippen LogP contribution in [0.4, 0.5) is 5.69 Å². The van der Waals surface area contributed by atoms with Crippen LogP contribution in [0.3, 0.4) is 0 Å². The van der Waals surface area contributed by atoms with Crippen LogP contribution in [0.25, 0.3) is 0 Å². The van der Waals surface area contributed by atoms with E-state index < -0.39 is 5.54 Å². The van der Waals surface area contributed by atoms with Gasteiger partial charge < -0.3 is 10.2 Å². The lowest BCUT2D eigenvalue weighted by molar-refractivity contribution is -0.129. The smallest absolute Gasteiger partial charge is 0.252 e. The Labute approximate surface area is 119 Å². The maximum Gasteiger partial charge on any atom is 0.252 e. The third-order valence-electron chi connectivity index (χ3n) is 3.83. The lowest BCUT2D eigenvalue weighted by atomic mass is 9.97. The Morgan fingerprint density at radius 3 is 2.70 bits per heavy atom. The van der Waals surface area contributed by atoms with Gasteiger partial charge in [-0.1, -0.05) is 6.92 Å². The summed E-state index contributed by atoms with van der Waals surface area (Å²) in [7, 11) is 0. The van der Waals surface area contributed by atoms with Gasteiger partial charge in [0, 0.05) is 25.2 Å². The molecule has 0 spiro atoms. The summed E-state index contributed by atoms with van der Waals surface area (Å²) >= 11 is 0. The van der Waals surface area contributed by atoms with E-state index in [9.17, 15) is 9.59 Å². The average molecular weight is 278 g/mol. The van der Waals surface area contributed by atoms with E-state index in [2.05, 4.69) is 10.4 Å². The zero-order valence-electron chi connectivity index (χ0n) is 12.5. The highest BCUT2D eigenvalue weighted by Gasteiger charge is 2.40. The largest absolute Gasteiger partial charge is 0.342 e. The van der Waals surface area contributed by atoms with Crippen LogP contribution in [0.2, 0.25) is 0 Å². The molecule has 0 radical (unpaired) electrons. The van der Waals surface area contributed by atoms with Gasteiger partial charge in [-0.05, 0) is 27.2 Å². The van der Waals surface area contributed by atoms with Crippen LogP contribution in [0.1, 0.15) is 46.6 Å². The zero-order valence-corrected chi connectivity index (χ0v) is 12.5. The number of carbonyl (C=O) groups excluding carboxylic acids is 2. The summed E-state index contributed by atoms with van der Waals surface area (Å²) in [4.78, 5) is 26.1. The fourth-order valence-electron chi connectivity index (χ4n) is 2.27. The third kappa shape index (κ3) is 2.55. The van der Waals surface area contributed by atoms with E-state index in [1.165, 1.54) is 0 Å². The number of nitrogens with zero attached hydrogens (tertiary/aromatic N) is 3. The molecule has 2 heterocycles. The minimum atomic E-state index is -0.840. The number of hydrogen-bond acceptors (Lipinski definition) is 3. The van der Waals surface area contributed by atoms with Gasteiger partial charge >= 0.3 is 0 Å². The molecule has 110 valence electrons. The maximum atomic E-state index is 12.7. The van der Waals surface area contributed by atoms with E-state index in [1.807, 2.05) is 31.6 Å². The molecule has 1 saturated heterocycles. The highest BCUT2D eigenvalue weighted by Crippen LogP contribution is 2.24. The fraction of sp³-hybridized carbons (Fsp3) is 0.643. The molecule has 20 heavy (non-hydrogen) atoms. The number of rotatable bonds is 3. The van der Waals surface area contributed by atoms with Crippen LogP contribution < -0.4 is 10.2 Å². The highest BCUT2D eigenvalue weighted by atomic mass is 16.2. The van der Waals surface area contributed by atoms with Gasteiger partial charge in [0.2, 0.25) is 5.91 Å². The van der Waals surface area contributed by atoms with Gasteiger partial charge in [-0.3, -0.25) is 14.3 Å². The molecular formula is C14H22N4O2. The van der Waals surface area contributed by atoms with Crippen molar-refractivity contribution in [3.05, 3.63) is 12.4 Å². The molecule has 1 fully saturated rings. The van der Waals surface area contributed by atoms with Crippen LogP contribution in [-0.4, -0.2) is 33.7 Å². The number of nitrogens with one attached hydrogen (secondary N) is 1. The zero-order chi connectivity index (χ0) is 14.9. The molecule has 1 atom stereocenters. The summed E-state index contributed by atoms with van der Waals surface area (Å²) in [5, 5.41) is 7.09. The van der Waals surface area contributed by atoms with Gasteiger partial charge in [-0.2, -0.15) is 5.10 Å². The molecule has 1 aliphatic heterocycles. The number of aromatic nitrogens is 2. The summed E-state index contributed by atoms with van der Waals surface area (Å²) in [6, 6.07) is 0.239. The molecule has 6 heteroatoms. The first kappa shape index (κ1) is 14.6. The van der Waals surface area contributed by atoms with Gasteiger partial charge in [0.15, 0.2) is 0 Å². The van der Waals surface area contributed by atoms with Crippen LogP contribution >= 0.6 is 0 Å². The van der Waals surface area contributed by atoms with Gasteiger partial charge in [0.25, 0.3) is 5.91 Å². The monoisotopic (exact) mass is 278 g/mol. The van der Waals surface area contributed by atoms with Crippen molar-refractivity contribution in [2.75, 3.05) is 11.4 Å². The Hall–Kier alpha value is -1.85. The Balaban J connectivity index is 2.33. The standard InChI is InChI=1S/C14H22N4O2/c1-5-14(4)13(20)17(7-6-12(19)16-14)11-8-15-18(9-11)10(2)3/h8-10H,5-7H2,1-4H3,(H,16,19). The van der Waals surface area contributed by atoms with Crippen molar-refractivity contribution in [1.82, 2.24) is 15.1 Å². The first-order valence-corrected chi connectivity index (χ1v) is 7.04. The minimum Gasteiger partial charge on any atom is -0.342 e. The second-order valence-corrected chi connectivity index (χ2v) is 5.71. The topological polar surface area (TPSA) is 67.2 Å². The van der Waals surface area contributed by atoms with Crippen LogP contribution in [0, 0.1) is 0 Å². The van der Waals surface area contributed by atoms with Crippen LogP contribution in [-0.2, 0) is 9.59 Å². The van der Waals surface area contributed by atoms with Crippen molar-refractivity contribution in [3.8, 4) is 0 Å². The van der Waals surface area contributed by atoms with E-state index in [0.717, 1.165) is 5.69 Å². The summed E-state index contributed by atoms with van der Waals surface area (Å²) in [6.45, 7) is 8.13. The van der Waals surface area contributed by atoms with E-state index in [1.54, 1.807) is 18.0 Å². The predicted octanol–water partition coefficient (Wildman–Crippen LogP) is 1.49. The second-order valence-electron chi connectivity index (χ2n) is 5.71. The molecule has 1 aromatic rings. The molecule has 1 unspecified atom stereocenters. The third-order valence-corrected chi connectivity index (χ3v) is 3.83. The molecule has 0 bridgehead atoms. The van der Waals surface area contributed by atoms with Crippen LogP contribution in [0.5, 0.6) is 0 Å². The Kier molecular flexibility index (Phi) is 3.83. The molecule has 6 nitrogen and oxygen atoms in total. The van der Waals surface area contributed by atoms with Gasteiger partial charge in [0.1, 0.15) is 5.54 Å². The summed E-state index contributed by atoms with van der Waals surface area (Å²) in [6.07, 6.45) is 4.42. The molecule has 2 rings (SSSR count). The number of amides is 2. The van der Waals surface area contributed by atoms with E-state index in [4.69, 9.17) is 0 Å². The van der Waals surface area contributed by atoms with Gasteiger partial charge in [0.05, 0.1) is 11.9 Å². The first-order chi connectivity index (χ1) is 9.37. The quantitative estimate of drug-likeness (QED) is 0.910. The molecule has 1 aliphatic rings. The van der Waals surface area contributed by atoms with E-state index >= 15 is 0 Å². The molecular weight excluding hydrogens is 256 g/mol. The van der Waals surface area contributed by atoms with Crippen molar-refractivity contribution in [2.24, 2.45) is 0 Å². The maximum absolute atomic E-state index is 12.7. The van der Waals surface area contributed by atoms with Crippen molar-refractivity contribution in [2.45, 2.75) is 52.1 Å². The Morgan fingerprint density at radius 1 is 1.45 bits per heavy atom. The Morgan fingerprint density at radius 2 is 2.15 bits per heavy atom. The highest BCUT2D eigenvalue weighted by molar-refractivity contribution is 6.03. The van der Waals surface area contributed by atoms with Crippen molar-refractivity contribution >= 4 is 17.5 Å². The number of anilines is 1. The first-order valence-electron chi connectivity index (χ1n) is 7.04. The predicted molar refractivity (Wildman–Crippen MR) is 76.4 cm³/mol. The lowest BCUT2D eigenvalue weighted by Crippen LogP contribution is -2.54. The van der Waals surface area contributed by atoms with Gasteiger partial charge in [-0.15, -0.1) is 0 Å². The summed E-state index contributed by atoms with van der Waals surface area (Å²) in [5.74, 6) is -0.157. The normalized spacial score (nSPS) is 23.9. The van der Waals surface area contributed by atoms with Crippen molar-refractivity contribution < 1.29 is 9.59 Å². The molecule has 1 aromatic heterocycles. The molecule has 0 aromatic carbocycles. The minimum absolute atomic E-state index is 0.0749. The van der Waals surface area contributed by atoms with E-state index in [0.29, 0.717) is 19.4 Å². The number of hydrogen-bond donors (Lipinski definition) is 1. The summed E-state index contributed by atoms with van der Waals surface area (Å²) in [5.41, 5.74) is -0.0899. The Bertz CT molecular complexity index is 523. The van der Waals surface area contributed by atoms with Crippen LogP contribution in [0.15, 0.2) is 12.4 Å². The average Bonchev–Trinajstić information content (AvgIpc) is 2.84.